The van der Waals surface area contributed by atoms with Crippen molar-refractivity contribution in [3.63, 3.8) is 0 Å². The Balaban J connectivity index is 2.31. The van der Waals surface area contributed by atoms with Gasteiger partial charge in [-0.3, -0.25) is 4.72 Å². The van der Waals surface area contributed by atoms with Gasteiger partial charge in [0.05, 0.1) is 4.90 Å². The van der Waals surface area contributed by atoms with E-state index in [1.165, 1.54) is 6.07 Å². The van der Waals surface area contributed by atoms with E-state index < -0.39 is 10.0 Å². The third-order valence-electron chi connectivity index (χ3n) is 2.99. The van der Waals surface area contributed by atoms with E-state index in [0.717, 1.165) is 5.56 Å². The Bertz CT molecular complexity index is 745. The van der Waals surface area contributed by atoms with E-state index in [4.69, 9.17) is 11.6 Å². The first-order valence-electron chi connectivity index (χ1n) is 6.45. The molecule has 0 amide bonds. The molecule has 0 aliphatic heterocycles. The number of hydrogen-bond donors (Lipinski definition) is 2. The van der Waals surface area contributed by atoms with Crippen molar-refractivity contribution in [1.82, 2.24) is 5.32 Å². The summed E-state index contributed by atoms with van der Waals surface area (Å²) in [6.07, 6.45) is 0. The van der Waals surface area contributed by atoms with Crippen LogP contribution in [0.4, 0.5) is 5.69 Å². The topological polar surface area (TPSA) is 58.2 Å². The Morgan fingerprint density at radius 3 is 2.57 bits per heavy atom. The second-order valence-corrected chi connectivity index (χ2v) is 6.83. The number of nitrogens with one attached hydrogen (secondary N) is 2. The quantitative estimate of drug-likeness (QED) is 0.888. The van der Waals surface area contributed by atoms with Gasteiger partial charge < -0.3 is 5.32 Å². The van der Waals surface area contributed by atoms with Crippen LogP contribution in [0.5, 0.6) is 0 Å². The SMILES string of the molecule is CNCc1cccc(NS(=O)(=O)c2ccc(Cl)cc2C)c1. The van der Waals surface area contributed by atoms with Gasteiger partial charge in [0.2, 0.25) is 0 Å². The summed E-state index contributed by atoms with van der Waals surface area (Å²) in [6, 6.07) is 12.0. The van der Waals surface area contributed by atoms with Crippen LogP contribution in [-0.4, -0.2) is 15.5 Å². The van der Waals surface area contributed by atoms with E-state index in [9.17, 15) is 8.42 Å². The Kier molecular flexibility index (Phi) is 4.88. The largest absolute Gasteiger partial charge is 0.316 e. The summed E-state index contributed by atoms with van der Waals surface area (Å²) in [5.41, 5.74) is 2.16. The average Bonchev–Trinajstić information content (AvgIpc) is 2.38. The fourth-order valence-electron chi connectivity index (χ4n) is 2.07. The fraction of sp³-hybridized carbons (Fsp3) is 0.200. The molecule has 0 fully saturated rings. The molecule has 0 aliphatic rings. The molecule has 0 spiro atoms. The van der Waals surface area contributed by atoms with Gasteiger partial charge in [0.15, 0.2) is 0 Å². The Labute approximate surface area is 130 Å². The maximum atomic E-state index is 12.4. The van der Waals surface area contributed by atoms with E-state index in [2.05, 4.69) is 10.0 Å². The molecule has 112 valence electrons. The third-order valence-corrected chi connectivity index (χ3v) is 4.76. The van der Waals surface area contributed by atoms with Crippen LogP contribution in [0.25, 0.3) is 0 Å². The monoisotopic (exact) mass is 324 g/mol. The minimum atomic E-state index is -3.62. The molecule has 0 bridgehead atoms. The molecule has 2 aromatic rings. The van der Waals surface area contributed by atoms with Crippen LogP contribution in [0.1, 0.15) is 11.1 Å². The van der Waals surface area contributed by atoms with Gasteiger partial charge in [-0.05, 0) is 55.4 Å². The number of sulfonamides is 1. The maximum absolute atomic E-state index is 12.4. The van der Waals surface area contributed by atoms with Crippen molar-refractivity contribution < 1.29 is 8.42 Å². The zero-order valence-corrected chi connectivity index (χ0v) is 13.4. The Morgan fingerprint density at radius 1 is 1.14 bits per heavy atom. The second kappa shape index (κ2) is 6.47. The predicted octanol–water partition coefficient (Wildman–Crippen LogP) is 3.17. The number of aryl methyl sites for hydroxylation is 1. The minimum absolute atomic E-state index is 0.228. The molecule has 21 heavy (non-hydrogen) atoms. The first-order chi connectivity index (χ1) is 9.92. The summed E-state index contributed by atoms with van der Waals surface area (Å²) >= 11 is 5.86. The van der Waals surface area contributed by atoms with Crippen molar-refractivity contribution in [3.8, 4) is 0 Å². The highest BCUT2D eigenvalue weighted by atomic mass is 35.5. The summed E-state index contributed by atoms with van der Waals surface area (Å²) in [4.78, 5) is 0.228. The van der Waals surface area contributed by atoms with Crippen molar-refractivity contribution in [1.29, 1.82) is 0 Å². The van der Waals surface area contributed by atoms with Crippen LogP contribution in [0.2, 0.25) is 5.02 Å². The first kappa shape index (κ1) is 15.8. The lowest BCUT2D eigenvalue weighted by atomic mass is 10.2. The van der Waals surface area contributed by atoms with Crippen LogP contribution in [-0.2, 0) is 16.6 Å². The first-order valence-corrected chi connectivity index (χ1v) is 8.31. The van der Waals surface area contributed by atoms with E-state index in [1.807, 2.05) is 19.2 Å². The summed E-state index contributed by atoms with van der Waals surface area (Å²) in [6.45, 7) is 2.40. The second-order valence-electron chi connectivity index (χ2n) is 4.75. The molecule has 0 unspecified atom stereocenters. The molecule has 2 aromatic carbocycles. The van der Waals surface area contributed by atoms with Gasteiger partial charge in [-0.2, -0.15) is 0 Å². The van der Waals surface area contributed by atoms with Crippen molar-refractivity contribution in [2.24, 2.45) is 0 Å². The zero-order chi connectivity index (χ0) is 15.5. The van der Waals surface area contributed by atoms with Gasteiger partial charge in [-0.15, -0.1) is 0 Å². The lowest BCUT2D eigenvalue weighted by molar-refractivity contribution is 0.600. The van der Waals surface area contributed by atoms with Gasteiger partial charge in [-0.25, -0.2) is 8.42 Å². The Morgan fingerprint density at radius 2 is 1.90 bits per heavy atom. The van der Waals surface area contributed by atoms with Crippen molar-refractivity contribution >= 4 is 27.3 Å². The van der Waals surface area contributed by atoms with Gasteiger partial charge in [-0.1, -0.05) is 23.7 Å². The molecule has 0 atom stereocenters. The van der Waals surface area contributed by atoms with Gasteiger partial charge >= 0.3 is 0 Å². The highest BCUT2D eigenvalue weighted by molar-refractivity contribution is 7.92. The van der Waals surface area contributed by atoms with Crippen molar-refractivity contribution in [2.45, 2.75) is 18.4 Å². The smallest absolute Gasteiger partial charge is 0.262 e. The zero-order valence-electron chi connectivity index (χ0n) is 11.9. The number of rotatable bonds is 5. The van der Waals surface area contributed by atoms with Gasteiger partial charge in [0, 0.05) is 17.3 Å². The molecule has 0 aromatic heterocycles. The molecular weight excluding hydrogens is 308 g/mol. The van der Waals surface area contributed by atoms with Crippen LogP contribution in [0, 0.1) is 6.92 Å². The molecule has 0 aliphatic carbocycles. The van der Waals surface area contributed by atoms with Crippen molar-refractivity contribution in [2.75, 3.05) is 11.8 Å². The highest BCUT2D eigenvalue weighted by Crippen LogP contribution is 2.22. The number of anilines is 1. The van der Waals surface area contributed by atoms with E-state index in [-0.39, 0.29) is 4.90 Å². The molecule has 0 saturated carbocycles. The van der Waals surface area contributed by atoms with E-state index in [1.54, 1.807) is 31.2 Å². The van der Waals surface area contributed by atoms with Crippen LogP contribution < -0.4 is 10.0 Å². The van der Waals surface area contributed by atoms with Crippen LogP contribution >= 0.6 is 11.6 Å². The lowest BCUT2D eigenvalue weighted by Crippen LogP contribution is -2.14. The van der Waals surface area contributed by atoms with Crippen LogP contribution in [0.3, 0.4) is 0 Å². The minimum Gasteiger partial charge on any atom is -0.316 e. The normalized spacial score (nSPS) is 11.4. The average molecular weight is 325 g/mol. The summed E-state index contributed by atoms with van der Waals surface area (Å²) < 4.78 is 27.5. The molecule has 6 heteroatoms. The van der Waals surface area contributed by atoms with Gasteiger partial charge in [0.1, 0.15) is 0 Å². The molecule has 4 nitrogen and oxygen atoms in total. The van der Waals surface area contributed by atoms with E-state index in [0.29, 0.717) is 22.8 Å². The number of hydrogen-bond acceptors (Lipinski definition) is 3. The maximum Gasteiger partial charge on any atom is 0.262 e. The molecule has 0 radical (unpaired) electrons. The number of benzene rings is 2. The highest BCUT2D eigenvalue weighted by Gasteiger charge is 2.17. The standard InChI is InChI=1S/C15H17ClN2O2S/c1-11-8-13(16)6-7-15(11)21(19,20)18-14-5-3-4-12(9-14)10-17-2/h3-9,17-18H,10H2,1-2H3. The summed E-state index contributed by atoms with van der Waals surface area (Å²) in [5, 5.41) is 3.55. The fourth-order valence-corrected chi connectivity index (χ4v) is 3.58. The van der Waals surface area contributed by atoms with Gasteiger partial charge in [0.25, 0.3) is 10.0 Å². The molecular formula is C15H17ClN2O2S. The third kappa shape index (κ3) is 3.97. The molecule has 0 heterocycles. The number of halogens is 1. The van der Waals surface area contributed by atoms with E-state index >= 15 is 0 Å². The molecule has 2 N–H and O–H groups in total. The summed E-state index contributed by atoms with van der Waals surface area (Å²) in [5.74, 6) is 0. The lowest BCUT2D eigenvalue weighted by Gasteiger charge is -2.11. The summed E-state index contributed by atoms with van der Waals surface area (Å²) in [7, 11) is -1.78. The van der Waals surface area contributed by atoms with Crippen LogP contribution in [0.15, 0.2) is 47.4 Å². The predicted molar refractivity (Wildman–Crippen MR) is 86.2 cm³/mol. The van der Waals surface area contributed by atoms with Crippen molar-refractivity contribution in [3.05, 3.63) is 58.6 Å². The Hall–Kier alpha value is -1.56. The molecule has 0 saturated heterocycles. The molecule has 2 rings (SSSR count).